The van der Waals surface area contributed by atoms with Gasteiger partial charge in [-0.2, -0.15) is 13.2 Å². The van der Waals surface area contributed by atoms with E-state index in [0.717, 1.165) is 0 Å². The lowest BCUT2D eigenvalue weighted by Gasteiger charge is -2.30. The van der Waals surface area contributed by atoms with Gasteiger partial charge in [-0.15, -0.1) is 0 Å². The Labute approximate surface area is 180 Å². The molecule has 0 saturated heterocycles. The van der Waals surface area contributed by atoms with Crippen molar-refractivity contribution in [1.82, 2.24) is 5.32 Å². The molecule has 11 heteroatoms. The van der Waals surface area contributed by atoms with Crippen LogP contribution in [-0.2, 0) is 9.22 Å². The molecular weight excluding hydrogens is 447 g/mol. The minimum Gasteiger partial charge on any atom is -0.542 e. The van der Waals surface area contributed by atoms with Gasteiger partial charge in [0.15, 0.2) is 8.32 Å². The van der Waals surface area contributed by atoms with Crippen molar-refractivity contribution in [2.24, 2.45) is 0 Å². The average molecular weight is 482 g/mol. The first-order chi connectivity index (χ1) is 13.3. The van der Waals surface area contributed by atoms with Gasteiger partial charge in [-0.05, 0) is 76.6 Å². The van der Waals surface area contributed by atoms with Crippen molar-refractivity contribution in [2.45, 2.75) is 71.2 Å². The molecule has 172 valence electrons. The van der Waals surface area contributed by atoms with Gasteiger partial charge < -0.3 is 18.6 Å². The van der Waals surface area contributed by atoms with Crippen molar-refractivity contribution in [2.75, 3.05) is 6.54 Å². The molecule has 0 heterocycles. The second-order valence-electron chi connectivity index (χ2n) is 10.1. The molecule has 0 aliphatic carbocycles. The van der Waals surface area contributed by atoms with E-state index in [0.29, 0.717) is 17.1 Å². The summed E-state index contributed by atoms with van der Waals surface area (Å²) >= 11 is 0. The van der Waals surface area contributed by atoms with Gasteiger partial charge in [0.2, 0.25) is 16.6 Å². The summed E-state index contributed by atoms with van der Waals surface area (Å²) in [4.78, 5) is 11.3. The first-order valence-electron chi connectivity index (χ1n) is 9.82. The van der Waals surface area contributed by atoms with Crippen molar-refractivity contribution in [3.8, 4) is 11.5 Å². The topological polar surface area (TPSA) is 56.8 Å². The third-order valence-electron chi connectivity index (χ3n) is 3.37. The number of carbonyl (C=O) groups is 1. The summed E-state index contributed by atoms with van der Waals surface area (Å²) in [6.07, 6.45) is -5.67. The molecule has 1 rings (SSSR count). The summed E-state index contributed by atoms with van der Waals surface area (Å²) in [6.45, 7) is 17.8. The van der Waals surface area contributed by atoms with Crippen molar-refractivity contribution in [3.05, 3.63) is 23.8 Å². The Balaban J connectivity index is 3.30. The van der Waals surface area contributed by atoms with Crippen LogP contribution in [0.1, 0.15) is 11.7 Å². The maximum absolute atomic E-state index is 12.6. The lowest BCUT2D eigenvalue weighted by Crippen LogP contribution is -2.41. The fourth-order valence-corrected chi connectivity index (χ4v) is 5.21. The van der Waals surface area contributed by atoms with E-state index in [4.69, 9.17) is 13.3 Å². The maximum atomic E-state index is 12.6. The summed E-state index contributed by atoms with van der Waals surface area (Å²) < 4.78 is 56.3. The van der Waals surface area contributed by atoms with Gasteiger partial charge in [-0.1, -0.05) is 6.07 Å². The third kappa shape index (κ3) is 10.1. The summed E-state index contributed by atoms with van der Waals surface area (Å²) in [7, 11) is -6.02. The smallest absolute Gasteiger partial charge is 0.471 e. The van der Waals surface area contributed by atoms with Gasteiger partial charge in [0.05, 0.1) is 6.10 Å². The molecule has 1 N–H and O–H groups in total. The molecule has 0 bridgehead atoms. The summed E-state index contributed by atoms with van der Waals surface area (Å²) in [5, 5.41) is 1.94. The fraction of sp³-hybridized carbons (Fsp3) is 0.632. The Morgan fingerprint density at radius 3 is 1.83 bits per heavy atom. The maximum Gasteiger partial charge on any atom is 0.471 e. The Morgan fingerprint density at radius 2 is 1.40 bits per heavy atom. The van der Waals surface area contributed by atoms with Crippen LogP contribution >= 0.6 is 0 Å². The zero-order chi connectivity index (χ0) is 23.5. The van der Waals surface area contributed by atoms with E-state index in [1.807, 2.05) is 44.6 Å². The van der Waals surface area contributed by atoms with E-state index in [-0.39, 0.29) is 6.54 Å². The average Bonchev–Trinajstić information content (AvgIpc) is 2.48. The van der Waals surface area contributed by atoms with Gasteiger partial charge in [0.1, 0.15) is 11.5 Å². The Bertz CT molecular complexity index is 739. The van der Waals surface area contributed by atoms with Crippen LogP contribution in [0, 0.1) is 0 Å². The van der Waals surface area contributed by atoms with Gasteiger partial charge >= 0.3 is 12.1 Å². The van der Waals surface area contributed by atoms with E-state index < -0.39 is 43.1 Å². The molecule has 0 fully saturated rings. The van der Waals surface area contributed by atoms with Gasteiger partial charge in [-0.25, -0.2) is 0 Å². The van der Waals surface area contributed by atoms with Crippen LogP contribution in [0.3, 0.4) is 0 Å². The predicted molar refractivity (Wildman–Crippen MR) is 121 cm³/mol. The van der Waals surface area contributed by atoms with Gasteiger partial charge in [0, 0.05) is 6.54 Å². The highest BCUT2D eigenvalue weighted by Gasteiger charge is 2.39. The van der Waals surface area contributed by atoms with Crippen molar-refractivity contribution in [1.29, 1.82) is 0 Å². The highest BCUT2D eigenvalue weighted by Crippen LogP contribution is 2.35. The fourth-order valence-electron chi connectivity index (χ4n) is 2.49. The zero-order valence-electron chi connectivity index (χ0n) is 19.3. The number of halogens is 3. The first kappa shape index (κ1) is 26.7. The number of alkyl halides is 3. The Hall–Kier alpha value is -1.31. The molecule has 1 aromatic carbocycles. The lowest BCUT2D eigenvalue weighted by molar-refractivity contribution is -0.173. The van der Waals surface area contributed by atoms with Crippen LogP contribution in [0.4, 0.5) is 13.2 Å². The number of carbonyl (C=O) groups excluding carboxylic acids is 1. The molecule has 1 atom stereocenters. The molecule has 0 aromatic heterocycles. The molecule has 1 aromatic rings. The molecule has 0 aliphatic heterocycles. The SMILES string of the molecule is C[Si](C)(C)Oc1ccc(C(CNC(=O)C(F)(F)F)O[Si](C)(C)C)cc1O[Si](C)(C)C. The first-order valence-corrected chi connectivity index (χ1v) is 20.0. The van der Waals surface area contributed by atoms with E-state index in [1.54, 1.807) is 18.2 Å². The number of benzene rings is 1. The van der Waals surface area contributed by atoms with E-state index in [2.05, 4.69) is 19.6 Å². The van der Waals surface area contributed by atoms with E-state index >= 15 is 0 Å². The highest BCUT2D eigenvalue weighted by atomic mass is 28.4. The second kappa shape index (κ2) is 9.45. The third-order valence-corrected chi connectivity index (χ3v) is 6.03. The van der Waals surface area contributed by atoms with Crippen LogP contribution < -0.4 is 14.2 Å². The van der Waals surface area contributed by atoms with Crippen molar-refractivity contribution in [3.63, 3.8) is 0 Å². The number of nitrogens with one attached hydrogen (secondary N) is 1. The monoisotopic (exact) mass is 481 g/mol. The molecule has 30 heavy (non-hydrogen) atoms. The molecule has 0 saturated carbocycles. The Kier molecular flexibility index (Phi) is 8.42. The standard InChI is InChI=1S/C19H34F3NO4Si3/c1-28(2,3)25-15-11-10-14(12-16(15)26-29(4,5)6)17(27-30(7,8)9)13-23-18(24)19(20,21)22/h10-12,17H,13H2,1-9H3,(H,23,24). The number of amides is 1. The second-order valence-corrected chi connectivity index (χ2v) is 23.4. The molecule has 1 unspecified atom stereocenters. The van der Waals surface area contributed by atoms with E-state index in [9.17, 15) is 18.0 Å². The highest BCUT2D eigenvalue weighted by molar-refractivity contribution is 6.71. The molecule has 5 nitrogen and oxygen atoms in total. The largest absolute Gasteiger partial charge is 0.542 e. The normalized spacial score (nSPS) is 14.3. The molecule has 0 spiro atoms. The van der Waals surface area contributed by atoms with Crippen LogP contribution in [0.5, 0.6) is 11.5 Å². The predicted octanol–water partition coefficient (Wildman–Crippen LogP) is 5.69. The summed E-state index contributed by atoms with van der Waals surface area (Å²) in [5.74, 6) is -0.809. The Morgan fingerprint density at radius 1 is 0.900 bits per heavy atom. The molecule has 1 amide bonds. The zero-order valence-corrected chi connectivity index (χ0v) is 22.3. The van der Waals surface area contributed by atoms with Gasteiger partial charge in [0.25, 0.3) is 0 Å². The van der Waals surface area contributed by atoms with Crippen LogP contribution in [0.15, 0.2) is 18.2 Å². The van der Waals surface area contributed by atoms with Crippen LogP contribution in [0.2, 0.25) is 58.9 Å². The lowest BCUT2D eigenvalue weighted by atomic mass is 10.1. The van der Waals surface area contributed by atoms with E-state index in [1.165, 1.54) is 0 Å². The minimum atomic E-state index is -4.94. The van der Waals surface area contributed by atoms with Crippen LogP contribution in [-0.4, -0.2) is 43.6 Å². The number of hydrogen-bond acceptors (Lipinski definition) is 4. The molecule has 0 aliphatic rings. The van der Waals surface area contributed by atoms with Crippen molar-refractivity contribution >= 4 is 30.9 Å². The quantitative estimate of drug-likeness (QED) is 0.461. The molecular formula is C19H34F3NO4Si3. The minimum absolute atomic E-state index is 0.288. The van der Waals surface area contributed by atoms with Crippen molar-refractivity contribution < 1.29 is 31.2 Å². The van der Waals surface area contributed by atoms with Crippen LogP contribution in [0.25, 0.3) is 0 Å². The number of rotatable bonds is 9. The summed E-state index contributed by atoms with van der Waals surface area (Å²) in [6, 6.07) is 5.30. The summed E-state index contributed by atoms with van der Waals surface area (Å²) in [5.41, 5.74) is 0.635. The molecule has 0 radical (unpaired) electrons. The number of hydrogen-bond donors (Lipinski definition) is 1. The van der Waals surface area contributed by atoms with Gasteiger partial charge in [-0.3, -0.25) is 4.79 Å².